The minimum absolute atomic E-state index is 0.0947. The Labute approximate surface area is 325 Å². The molecule has 2 N–H and O–H groups in total. The van der Waals surface area contributed by atoms with Gasteiger partial charge < -0.3 is 15.2 Å². The van der Waals surface area contributed by atoms with Crippen molar-refractivity contribution in [2.45, 2.75) is 200 Å². The summed E-state index contributed by atoms with van der Waals surface area (Å²) in [6.45, 7) is 4.08. The van der Waals surface area contributed by atoms with Gasteiger partial charge in [0.15, 0.2) is 0 Å². The van der Waals surface area contributed by atoms with E-state index in [1.807, 2.05) is 0 Å². The Balaban J connectivity index is 4.09. The van der Waals surface area contributed by atoms with Crippen LogP contribution >= 0.6 is 0 Å². The molecular weight excluding hydrogens is 659 g/mol. The average molecular weight is 738 g/mol. The molecule has 0 fully saturated rings. The van der Waals surface area contributed by atoms with Crippen LogP contribution in [-0.2, 0) is 19.1 Å². The van der Waals surface area contributed by atoms with Crippen LogP contribution in [0.4, 0.5) is 0 Å². The summed E-state index contributed by atoms with van der Waals surface area (Å²) < 4.78 is 5.91. The molecule has 0 aliphatic heterocycles. The van der Waals surface area contributed by atoms with E-state index in [1.54, 1.807) is 0 Å². The maximum atomic E-state index is 12.7. The number of hydrogen-bond donors (Lipinski definition) is 2. The number of carboxylic acid groups (broad SMARTS) is 1. The third-order valence-corrected chi connectivity index (χ3v) is 9.10. The number of esters is 1. The second-order valence-electron chi connectivity index (χ2n) is 14.2. The molecule has 0 saturated carbocycles. The minimum Gasteiger partial charge on any atom is -0.480 e. The molecule has 0 saturated heterocycles. The van der Waals surface area contributed by atoms with Crippen LogP contribution in [0.25, 0.3) is 0 Å². The van der Waals surface area contributed by atoms with Crippen molar-refractivity contribution in [1.82, 2.24) is 5.32 Å². The Morgan fingerprint density at radius 2 is 0.981 bits per heavy atom. The largest absolute Gasteiger partial charge is 0.480 e. The Bertz CT molecular complexity index is 1040. The first-order valence-electron chi connectivity index (χ1n) is 21.6. The molecule has 0 aromatic carbocycles. The molecule has 0 spiro atoms. The number of unbranched alkanes of at least 4 members (excludes halogenated alkanes) is 17. The lowest BCUT2D eigenvalue weighted by atomic mass is 10.1. The van der Waals surface area contributed by atoms with Crippen molar-refractivity contribution in [3.05, 3.63) is 72.9 Å². The van der Waals surface area contributed by atoms with Crippen LogP contribution in [0, 0.1) is 0 Å². The molecule has 53 heavy (non-hydrogen) atoms. The predicted octanol–water partition coefficient (Wildman–Crippen LogP) is 13.4. The van der Waals surface area contributed by atoms with Crippen LogP contribution in [-0.4, -0.2) is 35.6 Å². The molecule has 0 heterocycles. The van der Waals surface area contributed by atoms with Gasteiger partial charge in [-0.3, -0.25) is 14.4 Å². The summed E-state index contributed by atoms with van der Waals surface area (Å²) in [4.78, 5) is 35.0. The maximum Gasteiger partial charge on any atom is 0.322 e. The molecule has 0 aromatic heterocycles. The SMILES string of the molecule is CC/C=C\C/C=C\C/C=C\C/C=C\C/C=C\CCCCCCCCCC(=O)OC(/C=C\CCCCCCCCC)CCCCCCC(=O)NCC(=O)O. The Hall–Kier alpha value is -3.15. The number of ether oxygens (including phenoxy) is 1. The highest BCUT2D eigenvalue weighted by Gasteiger charge is 2.12. The lowest BCUT2D eigenvalue weighted by Crippen LogP contribution is -2.28. The fourth-order valence-electron chi connectivity index (χ4n) is 5.92. The normalized spacial score (nSPS) is 12.8. The zero-order chi connectivity index (χ0) is 38.7. The Morgan fingerprint density at radius 3 is 1.53 bits per heavy atom. The quantitative estimate of drug-likeness (QED) is 0.0374. The van der Waals surface area contributed by atoms with E-state index in [1.165, 1.54) is 77.0 Å². The molecule has 1 atom stereocenters. The van der Waals surface area contributed by atoms with Crippen molar-refractivity contribution in [2.75, 3.05) is 6.54 Å². The van der Waals surface area contributed by atoms with E-state index in [2.05, 4.69) is 92.1 Å². The van der Waals surface area contributed by atoms with Crippen LogP contribution < -0.4 is 5.32 Å². The van der Waals surface area contributed by atoms with Gasteiger partial charge in [0.1, 0.15) is 12.6 Å². The van der Waals surface area contributed by atoms with Crippen molar-refractivity contribution in [3.8, 4) is 0 Å². The van der Waals surface area contributed by atoms with Gasteiger partial charge in [-0.15, -0.1) is 0 Å². The van der Waals surface area contributed by atoms with Crippen LogP contribution in [0.5, 0.6) is 0 Å². The highest BCUT2D eigenvalue weighted by Crippen LogP contribution is 2.15. The van der Waals surface area contributed by atoms with Gasteiger partial charge in [0.25, 0.3) is 0 Å². The summed E-state index contributed by atoms with van der Waals surface area (Å²) in [6, 6.07) is 0. The zero-order valence-corrected chi connectivity index (χ0v) is 34.1. The zero-order valence-electron chi connectivity index (χ0n) is 34.1. The Morgan fingerprint density at radius 1 is 0.528 bits per heavy atom. The number of hydrogen-bond acceptors (Lipinski definition) is 4. The second-order valence-corrected chi connectivity index (χ2v) is 14.2. The summed E-state index contributed by atoms with van der Waals surface area (Å²) in [7, 11) is 0. The van der Waals surface area contributed by atoms with Crippen LogP contribution in [0.1, 0.15) is 194 Å². The summed E-state index contributed by atoms with van der Waals surface area (Å²) in [5.74, 6) is -1.34. The van der Waals surface area contributed by atoms with Gasteiger partial charge in [0, 0.05) is 12.8 Å². The molecule has 6 heteroatoms. The molecule has 0 aliphatic rings. The van der Waals surface area contributed by atoms with Crippen LogP contribution in [0.3, 0.4) is 0 Å². The molecule has 302 valence electrons. The number of carbonyl (C=O) groups is 3. The van der Waals surface area contributed by atoms with E-state index < -0.39 is 5.97 Å². The van der Waals surface area contributed by atoms with Gasteiger partial charge in [-0.25, -0.2) is 0 Å². The number of carbonyl (C=O) groups excluding carboxylic acids is 2. The minimum atomic E-state index is -1.03. The van der Waals surface area contributed by atoms with E-state index in [-0.39, 0.29) is 24.5 Å². The standard InChI is InChI=1S/C47H79NO5/c1-3-5-7-9-11-13-14-15-16-17-18-19-20-21-22-23-24-25-26-28-30-32-38-42-47(52)53-44(39-35-31-29-27-12-10-8-6-4-2)40-36-33-34-37-41-45(49)48-43-46(50)51/h5,7,11,13,15-16,18-19,21-22,35,39,44H,3-4,6,8-10,12,14,17,20,23-34,36-38,40-43H2,1-2H3,(H,48,49)(H,50,51)/b7-5-,13-11-,16-15-,19-18-,22-21-,39-35-. The number of allylic oxidation sites excluding steroid dienone is 11. The van der Waals surface area contributed by atoms with E-state index in [4.69, 9.17) is 9.84 Å². The molecular formula is C47H79NO5. The maximum absolute atomic E-state index is 12.7. The summed E-state index contributed by atoms with van der Waals surface area (Å²) in [6.07, 6.45) is 56.1. The molecule has 0 radical (unpaired) electrons. The van der Waals surface area contributed by atoms with Gasteiger partial charge >= 0.3 is 11.9 Å². The topological polar surface area (TPSA) is 92.7 Å². The van der Waals surface area contributed by atoms with Crippen molar-refractivity contribution in [2.24, 2.45) is 0 Å². The van der Waals surface area contributed by atoms with Crippen molar-refractivity contribution < 1.29 is 24.2 Å². The van der Waals surface area contributed by atoms with Gasteiger partial charge in [0.2, 0.25) is 5.91 Å². The van der Waals surface area contributed by atoms with Crippen molar-refractivity contribution in [3.63, 3.8) is 0 Å². The van der Waals surface area contributed by atoms with Gasteiger partial charge in [0.05, 0.1) is 0 Å². The third kappa shape index (κ3) is 41.5. The second kappa shape index (κ2) is 41.6. The van der Waals surface area contributed by atoms with Crippen LogP contribution in [0.2, 0.25) is 0 Å². The van der Waals surface area contributed by atoms with E-state index >= 15 is 0 Å². The first-order chi connectivity index (χ1) is 26.0. The lowest BCUT2D eigenvalue weighted by Gasteiger charge is -2.15. The number of carboxylic acids is 1. The van der Waals surface area contributed by atoms with Crippen molar-refractivity contribution >= 4 is 17.8 Å². The van der Waals surface area contributed by atoms with Gasteiger partial charge in [-0.05, 0) is 89.5 Å². The average Bonchev–Trinajstić information content (AvgIpc) is 3.14. The highest BCUT2D eigenvalue weighted by molar-refractivity contribution is 5.80. The smallest absolute Gasteiger partial charge is 0.322 e. The fraction of sp³-hybridized carbons (Fsp3) is 0.681. The van der Waals surface area contributed by atoms with E-state index in [0.29, 0.717) is 12.8 Å². The molecule has 0 rings (SSSR count). The molecule has 6 nitrogen and oxygen atoms in total. The third-order valence-electron chi connectivity index (χ3n) is 9.10. The summed E-state index contributed by atoms with van der Waals surface area (Å²) in [5.41, 5.74) is 0. The fourth-order valence-corrected chi connectivity index (χ4v) is 5.92. The lowest BCUT2D eigenvalue weighted by molar-refractivity contribution is -0.147. The van der Waals surface area contributed by atoms with Crippen LogP contribution in [0.15, 0.2) is 72.9 Å². The molecule has 0 aliphatic carbocycles. The molecule has 1 unspecified atom stereocenters. The van der Waals surface area contributed by atoms with Gasteiger partial charge in [-0.2, -0.15) is 0 Å². The molecule has 0 bridgehead atoms. The summed E-state index contributed by atoms with van der Waals surface area (Å²) in [5, 5.41) is 11.1. The van der Waals surface area contributed by atoms with Gasteiger partial charge in [-0.1, -0.05) is 164 Å². The Kier molecular flexibility index (Phi) is 39.1. The molecule has 0 aromatic rings. The molecule has 1 amide bonds. The first-order valence-corrected chi connectivity index (χ1v) is 21.6. The monoisotopic (exact) mass is 738 g/mol. The van der Waals surface area contributed by atoms with E-state index in [9.17, 15) is 14.4 Å². The number of aliphatic carboxylic acids is 1. The summed E-state index contributed by atoms with van der Waals surface area (Å²) >= 11 is 0. The predicted molar refractivity (Wildman–Crippen MR) is 226 cm³/mol. The highest BCUT2D eigenvalue weighted by atomic mass is 16.5. The van der Waals surface area contributed by atoms with E-state index in [0.717, 1.165) is 89.9 Å². The number of rotatable bonds is 38. The number of nitrogens with one attached hydrogen (secondary N) is 1. The van der Waals surface area contributed by atoms with Crippen molar-refractivity contribution in [1.29, 1.82) is 0 Å². The first kappa shape index (κ1) is 49.9. The number of amides is 1.